The van der Waals surface area contributed by atoms with Gasteiger partial charge in [0.25, 0.3) is 0 Å². The van der Waals surface area contributed by atoms with Crippen LogP contribution in [0.15, 0.2) is 42.7 Å². The molecule has 1 aliphatic heterocycles. The molecule has 7 heteroatoms. The van der Waals surface area contributed by atoms with Gasteiger partial charge in [-0.2, -0.15) is 0 Å². The summed E-state index contributed by atoms with van der Waals surface area (Å²) in [4.78, 5) is 22.7. The molecule has 2 aromatic rings. The van der Waals surface area contributed by atoms with Crippen molar-refractivity contribution in [2.24, 2.45) is 0 Å². The van der Waals surface area contributed by atoms with E-state index >= 15 is 0 Å². The first-order valence-electron chi connectivity index (χ1n) is 8.96. The first-order chi connectivity index (χ1) is 12.7. The standard InChI is InChI=1S/C19H25N5O2/c1-15-3-5-17(6-4-15)26-14-11-22-19(25)23-16-7-12-24(13-8-16)18-20-9-2-10-21-18/h2-6,9-10,16H,7-8,11-14H2,1H3,(H2,22,23,25). The van der Waals surface area contributed by atoms with Crippen LogP contribution < -0.4 is 20.3 Å². The number of hydrogen-bond acceptors (Lipinski definition) is 5. The molecule has 2 N–H and O–H groups in total. The van der Waals surface area contributed by atoms with E-state index in [1.807, 2.05) is 37.3 Å². The molecule has 0 unspecified atom stereocenters. The van der Waals surface area contributed by atoms with E-state index in [2.05, 4.69) is 25.5 Å². The van der Waals surface area contributed by atoms with Gasteiger partial charge in [-0.05, 0) is 38.0 Å². The van der Waals surface area contributed by atoms with Crippen LogP contribution in [0.5, 0.6) is 5.75 Å². The lowest BCUT2D eigenvalue weighted by atomic mass is 10.1. The number of ether oxygens (including phenoxy) is 1. The number of piperidine rings is 1. The summed E-state index contributed by atoms with van der Waals surface area (Å²) in [5.74, 6) is 1.57. The van der Waals surface area contributed by atoms with Crippen molar-refractivity contribution in [2.75, 3.05) is 31.1 Å². The number of urea groups is 1. The zero-order valence-corrected chi connectivity index (χ0v) is 15.0. The fourth-order valence-electron chi connectivity index (χ4n) is 2.88. The number of hydrogen-bond donors (Lipinski definition) is 2. The number of anilines is 1. The molecule has 2 amide bonds. The minimum absolute atomic E-state index is 0.146. The Labute approximate surface area is 153 Å². The van der Waals surface area contributed by atoms with E-state index in [1.54, 1.807) is 12.4 Å². The number of carbonyl (C=O) groups excluding carboxylic acids is 1. The number of aryl methyl sites for hydroxylation is 1. The Morgan fingerprint density at radius 1 is 1.19 bits per heavy atom. The van der Waals surface area contributed by atoms with Crippen molar-refractivity contribution in [1.29, 1.82) is 0 Å². The van der Waals surface area contributed by atoms with Crippen molar-refractivity contribution >= 4 is 12.0 Å². The summed E-state index contributed by atoms with van der Waals surface area (Å²) < 4.78 is 5.60. The maximum Gasteiger partial charge on any atom is 0.315 e. The van der Waals surface area contributed by atoms with Gasteiger partial charge < -0.3 is 20.3 Å². The molecule has 2 heterocycles. The highest BCUT2D eigenvalue weighted by Gasteiger charge is 2.21. The number of nitrogens with zero attached hydrogens (tertiary/aromatic N) is 3. The molecule has 1 aromatic heterocycles. The lowest BCUT2D eigenvalue weighted by Crippen LogP contribution is -2.48. The van der Waals surface area contributed by atoms with Crippen LogP contribution in [0.3, 0.4) is 0 Å². The quantitative estimate of drug-likeness (QED) is 0.776. The van der Waals surface area contributed by atoms with E-state index in [-0.39, 0.29) is 12.1 Å². The average molecular weight is 355 g/mol. The molecule has 0 atom stereocenters. The Hall–Kier alpha value is -2.83. The van der Waals surface area contributed by atoms with E-state index in [1.165, 1.54) is 5.56 Å². The molecule has 1 fully saturated rings. The van der Waals surface area contributed by atoms with Gasteiger partial charge in [0.2, 0.25) is 5.95 Å². The summed E-state index contributed by atoms with van der Waals surface area (Å²) in [6, 6.07) is 9.70. The maximum atomic E-state index is 12.0. The highest BCUT2D eigenvalue weighted by Crippen LogP contribution is 2.15. The van der Waals surface area contributed by atoms with E-state index < -0.39 is 0 Å². The number of amides is 2. The summed E-state index contributed by atoms with van der Waals surface area (Å²) in [6.45, 7) is 4.63. The summed E-state index contributed by atoms with van der Waals surface area (Å²) >= 11 is 0. The lowest BCUT2D eigenvalue weighted by molar-refractivity contribution is 0.230. The van der Waals surface area contributed by atoms with Crippen molar-refractivity contribution < 1.29 is 9.53 Å². The molecule has 0 saturated carbocycles. The molecule has 7 nitrogen and oxygen atoms in total. The summed E-state index contributed by atoms with van der Waals surface area (Å²) in [6.07, 6.45) is 5.26. The van der Waals surface area contributed by atoms with E-state index in [9.17, 15) is 4.79 Å². The van der Waals surface area contributed by atoms with Crippen molar-refractivity contribution in [3.63, 3.8) is 0 Å². The van der Waals surface area contributed by atoms with Gasteiger partial charge >= 0.3 is 6.03 Å². The predicted molar refractivity (Wildman–Crippen MR) is 100 cm³/mol. The van der Waals surface area contributed by atoms with Crippen LogP contribution in [0.4, 0.5) is 10.7 Å². The zero-order valence-electron chi connectivity index (χ0n) is 15.0. The van der Waals surface area contributed by atoms with Gasteiger partial charge in [-0.15, -0.1) is 0 Å². The number of aromatic nitrogens is 2. The Kier molecular flexibility index (Phi) is 6.24. The molecular formula is C19H25N5O2. The van der Waals surface area contributed by atoms with Crippen molar-refractivity contribution in [3.05, 3.63) is 48.3 Å². The SMILES string of the molecule is Cc1ccc(OCCNC(=O)NC2CCN(c3ncccn3)CC2)cc1. The Morgan fingerprint density at radius 3 is 2.58 bits per heavy atom. The molecule has 3 rings (SSSR count). The molecule has 0 spiro atoms. The third-order valence-corrected chi connectivity index (χ3v) is 4.34. The molecule has 1 aliphatic rings. The number of benzene rings is 1. The van der Waals surface area contributed by atoms with E-state index in [0.29, 0.717) is 13.2 Å². The fraction of sp³-hybridized carbons (Fsp3) is 0.421. The van der Waals surface area contributed by atoms with Crippen LogP contribution >= 0.6 is 0 Å². The normalized spacial score (nSPS) is 14.7. The molecular weight excluding hydrogens is 330 g/mol. The molecule has 138 valence electrons. The molecule has 1 aromatic carbocycles. The first kappa shape index (κ1) is 18.0. The first-order valence-corrected chi connectivity index (χ1v) is 8.96. The van der Waals surface area contributed by atoms with Crippen LogP contribution in [-0.2, 0) is 0 Å². The van der Waals surface area contributed by atoms with Crippen LogP contribution in [-0.4, -0.2) is 48.3 Å². The fourth-order valence-corrected chi connectivity index (χ4v) is 2.88. The summed E-state index contributed by atoms with van der Waals surface area (Å²) in [5.41, 5.74) is 1.19. The zero-order chi connectivity index (χ0) is 18.2. The molecule has 0 aliphatic carbocycles. The molecule has 26 heavy (non-hydrogen) atoms. The number of carbonyl (C=O) groups is 1. The maximum absolute atomic E-state index is 12.0. The molecule has 1 saturated heterocycles. The van der Waals surface area contributed by atoms with Crippen molar-refractivity contribution in [2.45, 2.75) is 25.8 Å². The predicted octanol–water partition coefficient (Wildman–Crippen LogP) is 2.13. The van der Waals surface area contributed by atoms with E-state index in [4.69, 9.17) is 4.74 Å². The van der Waals surface area contributed by atoms with Crippen molar-refractivity contribution in [1.82, 2.24) is 20.6 Å². The minimum Gasteiger partial charge on any atom is -0.492 e. The summed E-state index contributed by atoms with van der Waals surface area (Å²) in [5, 5.41) is 5.87. The van der Waals surface area contributed by atoms with Gasteiger partial charge in [0.05, 0.1) is 6.54 Å². The second-order valence-corrected chi connectivity index (χ2v) is 6.37. The Morgan fingerprint density at radius 2 is 1.88 bits per heavy atom. The van der Waals surface area contributed by atoms with Crippen LogP contribution in [0.2, 0.25) is 0 Å². The largest absolute Gasteiger partial charge is 0.492 e. The van der Waals surface area contributed by atoms with Crippen LogP contribution in [0.25, 0.3) is 0 Å². The van der Waals surface area contributed by atoms with Gasteiger partial charge in [0, 0.05) is 31.5 Å². The smallest absolute Gasteiger partial charge is 0.315 e. The van der Waals surface area contributed by atoms with Crippen LogP contribution in [0, 0.1) is 6.92 Å². The highest BCUT2D eigenvalue weighted by atomic mass is 16.5. The van der Waals surface area contributed by atoms with Gasteiger partial charge in [-0.1, -0.05) is 17.7 Å². The minimum atomic E-state index is -0.146. The van der Waals surface area contributed by atoms with Gasteiger partial charge in [0.15, 0.2) is 0 Å². The second-order valence-electron chi connectivity index (χ2n) is 6.37. The third-order valence-electron chi connectivity index (χ3n) is 4.34. The highest BCUT2D eigenvalue weighted by molar-refractivity contribution is 5.74. The van der Waals surface area contributed by atoms with Gasteiger partial charge in [-0.3, -0.25) is 0 Å². The van der Waals surface area contributed by atoms with Gasteiger partial charge in [0.1, 0.15) is 12.4 Å². The molecule has 0 bridgehead atoms. The Balaban J connectivity index is 1.31. The monoisotopic (exact) mass is 355 g/mol. The summed E-state index contributed by atoms with van der Waals surface area (Å²) in [7, 11) is 0. The molecule has 0 radical (unpaired) electrons. The third kappa shape index (κ3) is 5.34. The topological polar surface area (TPSA) is 79.4 Å². The van der Waals surface area contributed by atoms with Crippen molar-refractivity contribution in [3.8, 4) is 5.75 Å². The number of nitrogens with one attached hydrogen (secondary N) is 2. The van der Waals surface area contributed by atoms with Crippen LogP contribution in [0.1, 0.15) is 18.4 Å². The number of rotatable bonds is 6. The van der Waals surface area contributed by atoms with Gasteiger partial charge in [-0.25, -0.2) is 14.8 Å². The lowest BCUT2D eigenvalue weighted by Gasteiger charge is -2.32. The second kappa shape index (κ2) is 9.03. The van der Waals surface area contributed by atoms with E-state index in [0.717, 1.165) is 37.6 Å². The Bertz CT molecular complexity index is 685. The average Bonchev–Trinajstić information content (AvgIpc) is 2.68.